The number of nitrogens with zero attached hydrogens (tertiary/aromatic N) is 1. The molecule has 0 bridgehead atoms. The van der Waals surface area contributed by atoms with Gasteiger partial charge in [0.15, 0.2) is 0 Å². The molecule has 4 unspecified atom stereocenters. The van der Waals surface area contributed by atoms with Gasteiger partial charge >= 0.3 is 0 Å². The van der Waals surface area contributed by atoms with Gasteiger partial charge in [-0.3, -0.25) is 4.90 Å². The molecule has 1 heterocycles. The molecule has 0 aromatic heterocycles. The minimum absolute atomic E-state index is 0.727. The van der Waals surface area contributed by atoms with Crippen LogP contribution in [0.3, 0.4) is 0 Å². The number of rotatable bonds is 5. The van der Waals surface area contributed by atoms with Crippen molar-refractivity contribution in [2.24, 2.45) is 11.8 Å². The van der Waals surface area contributed by atoms with Crippen LogP contribution in [0.15, 0.2) is 0 Å². The molecule has 17 heavy (non-hydrogen) atoms. The molecule has 1 saturated carbocycles. The van der Waals surface area contributed by atoms with Crippen molar-refractivity contribution in [2.45, 2.75) is 65.0 Å². The van der Waals surface area contributed by atoms with Crippen molar-refractivity contribution in [3.8, 4) is 0 Å². The Balaban J connectivity index is 1.85. The van der Waals surface area contributed by atoms with E-state index in [4.69, 9.17) is 0 Å². The first-order valence-electron chi connectivity index (χ1n) is 7.73. The summed E-state index contributed by atoms with van der Waals surface area (Å²) in [5.41, 5.74) is 0. The van der Waals surface area contributed by atoms with E-state index < -0.39 is 0 Å². The molecule has 4 atom stereocenters. The summed E-state index contributed by atoms with van der Waals surface area (Å²) in [6.45, 7) is 10.9. The zero-order valence-corrected chi connectivity index (χ0v) is 11.9. The predicted molar refractivity (Wildman–Crippen MR) is 74.2 cm³/mol. The highest BCUT2D eigenvalue weighted by molar-refractivity contribution is 4.97. The average molecular weight is 238 g/mol. The van der Waals surface area contributed by atoms with Crippen LogP contribution in [0.2, 0.25) is 0 Å². The molecule has 1 aliphatic heterocycles. The lowest BCUT2D eigenvalue weighted by atomic mass is 9.99. The van der Waals surface area contributed by atoms with E-state index in [0.717, 1.165) is 23.9 Å². The largest absolute Gasteiger partial charge is 0.312 e. The molecule has 0 aromatic carbocycles. The summed E-state index contributed by atoms with van der Waals surface area (Å²) in [4.78, 5) is 2.79. The van der Waals surface area contributed by atoms with Gasteiger partial charge in [-0.25, -0.2) is 0 Å². The van der Waals surface area contributed by atoms with Crippen molar-refractivity contribution in [1.82, 2.24) is 10.2 Å². The van der Waals surface area contributed by atoms with E-state index in [1.807, 2.05) is 0 Å². The van der Waals surface area contributed by atoms with Gasteiger partial charge in [-0.05, 0) is 44.2 Å². The zero-order chi connectivity index (χ0) is 12.3. The summed E-state index contributed by atoms with van der Waals surface area (Å²) < 4.78 is 0. The van der Waals surface area contributed by atoms with E-state index in [2.05, 4.69) is 31.0 Å². The number of nitrogens with one attached hydrogen (secondary N) is 1. The second-order valence-electron chi connectivity index (χ2n) is 6.15. The van der Waals surface area contributed by atoms with Crippen LogP contribution >= 0.6 is 0 Å². The van der Waals surface area contributed by atoms with Crippen LogP contribution in [0.4, 0.5) is 0 Å². The van der Waals surface area contributed by atoms with Crippen molar-refractivity contribution >= 4 is 0 Å². The van der Waals surface area contributed by atoms with Crippen LogP contribution in [0.5, 0.6) is 0 Å². The van der Waals surface area contributed by atoms with E-state index >= 15 is 0 Å². The van der Waals surface area contributed by atoms with Crippen molar-refractivity contribution in [3.63, 3.8) is 0 Å². The highest BCUT2D eigenvalue weighted by atomic mass is 15.2. The Hall–Kier alpha value is -0.0800. The summed E-state index contributed by atoms with van der Waals surface area (Å²) in [5.74, 6) is 1.84. The molecule has 2 fully saturated rings. The molecule has 2 rings (SSSR count). The average Bonchev–Trinajstić information content (AvgIpc) is 3.10. The number of hydrogen-bond acceptors (Lipinski definition) is 2. The quantitative estimate of drug-likeness (QED) is 0.792. The van der Waals surface area contributed by atoms with Crippen molar-refractivity contribution in [2.75, 3.05) is 19.6 Å². The van der Waals surface area contributed by atoms with Gasteiger partial charge in [0.2, 0.25) is 0 Å². The summed E-state index contributed by atoms with van der Waals surface area (Å²) in [7, 11) is 0. The van der Waals surface area contributed by atoms with Crippen molar-refractivity contribution < 1.29 is 0 Å². The summed E-state index contributed by atoms with van der Waals surface area (Å²) in [5, 5.41) is 3.75. The van der Waals surface area contributed by atoms with E-state index in [0.29, 0.717) is 0 Å². The molecule has 1 aliphatic carbocycles. The molecule has 100 valence electrons. The molecule has 0 spiro atoms. The fourth-order valence-electron chi connectivity index (χ4n) is 3.30. The van der Waals surface area contributed by atoms with Crippen LogP contribution in [0, 0.1) is 11.8 Å². The summed E-state index contributed by atoms with van der Waals surface area (Å²) >= 11 is 0. The highest BCUT2D eigenvalue weighted by Gasteiger charge is 2.41. The van der Waals surface area contributed by atoms with Gasteiger partial charge in [-0.1, -0.05) is 33.6 Å². The molecule has 2 aliphatic rings. The molecule has 1 N–H and O–H groups in total. The van der Waals surface area contributed by atoms with E-state index in [9.17, 15) is 0 Å². The Labute approximate surface area is 107 Å². The monoisotopic (exact) mass is 238 g/mol. The first kappa shape index (κ1) is 13.4. The van der Waals surface area contributed by atoms with E-state index in [-0.39, 0.29) is 0 Å². The zero-order valence-electron chi connectivity index (χ0n) is 11.9. The maximum Gasteiger partial charge on any atom is 0.0220 e. The van der Waals surface area contributed by atoms with Crippen molar-refractivity contribution in [1.29, 1.82) is 0 Å². The van der Waals surface area contributed by atoms with Gasteiger partial charge in [0.25, 0.3) is 0 Å². The third kappa shape index (κ3) is 3.45. The Kier molecular flexibility index (Phi) is 4.87. The highest BCUT2D eigenvalue weighted by Crippen LogP contribution is 2.39. The molecule has 0 radical (unpaired) electrons. The second-order valence-corrected chi connectivity index (χ2v) is 6.15. The standard InChI is InChI=1S/C15H30N2/c1-4-7-13-10-15(13)17-9-6-8-16-14(11-17)12(3)5-2/h12-16H,4-11H2,1-3H3. The van der Waals surface area contributed by atoms with Gasteiger partial charge in [-0.2, -0.15) is 0 Å². The Morgan fingerprint density at radius 2 is 2.18 bits per heavy atom. The topological polar surface area (TPSA) is 15.3 Å². The maximum atomic E-state index is 3.75. The predicted octanol–water partition coefficient (Wildman–Crippen LogP) is 2.89. The van der Waals surface area contributed by atoms with Crippen molar-refractivity contribution in [3.05, 3.63) is 0 Å². The van der Waals surface area contributed by atoms with Crippen LogP contribution in [0.25, 0.3) is 0 Å². The Morgan fingerprint density at radius 1 is 1.35 bits per heavy atom. The Bertz CT molecular complexity index is 229. The van der Waals surface area contributed by atoms with Gasteiger partial charge in [0, 0.05) is 18.6 Å². The summed E-state index contributed by atoms with van der Waals surface area (Å²) in [6.07, 6.45) is 6.92. The molecule has 2 heteroatoms. The van der Waals surface area contributed by atoms with Gasteiger partial charge < -0.3 is 5.32 Å². The van der Waals surface area contributed by atoms with Gasteiger partial charge in [-0.15, -0.1) is 0 Å². The maximum absolute atomic E-state index is 3.75. The fraction of sp³-hybridized carbons (Fsp3) is 1.00. The Morgan fingerprint density at radius 3 is 2.88 bits per heavy atom. The number of hydrogen-bond donors (Lipinski definition) is 1. The first-order chi connectivity index (χ1) is 8.26. The molecular formula is C15H30N2. The van der Waals surface area contributed by atoms with Crippen LogP contribution in [0.1, 0.15) is 52.9 Å². The molecule has 0 aromatic rings. The normalized spacial score (nSPS) is 36.5. The van der Waals surface area contributed by atoms with Crippen LogP contribution in [-0.4, -0.2) is 36.6 Å². The SMILES string of the molecule is CCCC1CC1N1CCCNC(C(C)CC)C1. The lowest BCUT2D eigenvalue weighted by molar-refractivity contribution is 0.220. The third-order valence-corrected chi connectivity index (χ3v) is 4.80. The van der Waals surface area contributed by atoms with E-state index in [1.54, 1.807) is 0 Å². The molecule has 1 saturated heterocycles. The van der Waals surface area contributed by atoms with E-state index in [1.165, 1.54) is 51.7 Å². The van der Waals surface area contributed by atoms with Gasteiger partial charge in [0.05, 0.1) is 0 Å². The minimum Gasteiger partial charge on any atom is -0.312 e. The summed E-state index contributed by atoms with van der Waals surface area (Å²) in [6, 6.07) is 1.66. The molecule has 0 amide bonds. The van der Waals surface area contributed by atoms with Crippen LogP contribution < -0.4 is 5.32 Å². The first-order valence-corrected chi connectivity index (χ1v) is 7.73. The molecular weight excluding hydrogens is 208 g/mol. The third-order valence-electron chi connectivity index (χ3n) is 4.80. The lowest BCUT2D eigenvalue weighted by Gasteiger charge is -2.28. The lowest BCUT2D eigenvalue weighted by Crippen LogP contribution is -2.43. The minimum atomic E-state index is 0.727. The second kappa shape index (κ2) is 6.19. The smallest absolute Gasteiger partial charge is 0.0220 e. The van der Waals surface area contributed by atoms with Crippen LogP contribution in [-0.2, 0) is 0 Å². The van der Waals surface area contributed by atoms with Gasteiger partial charge in [0.1, 0.15) is 0 Å². The fourth-order valence-corrected chi connectivity index (χ4v) is 3.30. The molecule has 2 nitrogen and oxygen atoms in total.